The van der Waals surface area contributed by atoms with E-state index < -0.39 is 4.92 Å². The van der Waals surface area contributed by atoms with Crippen molar-refractivity contribution in [3.8, 4) is 11.4 Å². The first-order valence-corrected chi connectivity index (χ1v) is 12.1. The van der Waals surface area contributed by atoms with Crippen molar-refractivity contribution in [2.45, 2.75) is 23.9 Å². The predicted molar refractivity (Wildman–Crippen MR) is 130 cm³/mol. The average Bonchev–Trinajstić information content (AvgIpc) is 3.51. The second-order valence-electron chi connectivity index (χ2n) is 7.18. The van der Waals surface area contributed by atoms with Crippen molar-refractivity contribution >= 4 is 34.7 Å². The zero-order valence-electron chi connectivity index (χ0n) is 18.2. The average molecular weight is 496 g/mol. The van der Waals surface area contributed by atoms with Crippen LogP contribution >= 0.6 is 23.1 Å². The second kappa shape index (κ2) is 10.9. The molecule has 0 atom stereocenters. The van der Waals surface area contributed by atoms with Crippen LogP contribution in [0.4, 0.5) is 5.69 Å². The Morgan fingerprint density at radius 3 is 2.71 bits per heavy atom. The molecule has 2 heterocycles. The number of hydrogen-bond acceptors (Lipinski definition) is 8. The summed E-state index contributed by atoms with van der Waals surface area (Å²) < 4.78 is 7.09. The molecule has 174 valence electrons. The van der Waals surface area contributed by atoms with Crippen LogP contribution < -0.4 is 10.1 Å². The number of ether oxygens (including phenoxy) is 1. The molecule has 4 aromatic rings. The van der Waals surface area contributed by atoms with Gasteiger partial charge in [0.05, 0.1) is 25.0 Å². The van der Waals surface area contributed by atoms with Gasteiger partial charge in [-0.25, -0.2) is 0 Å². The molecule has 2 aromatic heterocycles. The van der Waals surface area contributed by atoms with Gasteiger partial charge in [0.1, 0.15) is 5.75 Å². The standard InChI is InChI=1S/C23H21N5O4S2/c1-32-19-5-2-4-16(12-19)15-34-23-26-25-21(14-24-22(29)13-20-6-3-11-33-20)27(23)17-7-9-18(10-8-17)28(30)31/h2-12H,13-15H2,1H3,(H,24,29). The van der Waals surface area contributed by atoms with Gasteiger partial charge in [-0.05, 0) is 41.3 Å². The number of nitro groups is 1. The normalized spacial score (nSPS) is 10.7. The van der Waals surface area contributed by atoms with Crippen LogP contribution in [0.3, 0.4) is 0 Å². The lowest BCUT2D eigenvalue weighted by molar-refractivity contribution is -0.384. The van der Waals surface area contributed by atoms with Gasteiger partial charge < -0.3 is 10.1 Å². The van der Waals surface area contributed by atoms with Gasteiger partial charge in [0.15, 0.2) is 11.0 Å². The number of nitro benzene ring substituents is 1. The Morgan fingerprint density at radius 2 is 2.00 bits per heavy atom. The van der Waals surface area contributed by atoms with Crippen molar-refractivity contribution in [1.82, 2.24) is 20.1 Å². The highest BCUT2D eigenvalue weighted by molar-refractivity contribution is 7.98. The highest BCUT2D eigenvalue weighted by Crippen LogP contribution is 2.27. The molecule has 0 aliphatic rings. The largest absolute Gasteiger partial charge is 0.497 e. The Morgan fingerprint density at radius 1 is 1.18 bits per heavy atom. The highest BCUT2D eigenvalue weighted by Gasteiger charge is 2.17. The molecule has 11 heteroatoms. The minimum atomic E-state index is -0.444. The molecule has 0 bridgehead atoms. The van der Waals surface area contributed by atoms with Crippen molar-refractivity contribution in [2.24, 2.45) is 0 Å². The van der Waals surface area contributed by atoms with Crippen LogP contribution in [0.1, 0.15) is 16.3 Å². The van der Waals surface area contributed by atoms with Gasteiger partial charge in [0.25, 0.3) is 5.69 Å². The van der Waals surface area contributed by atoms with E-state index in [0.717, 1.165) is 16.2 Å². The number of nitrogens with zero attached hydrogens (tertiary/aromatic N) is 4. The lowest BCUT2D eigenvalue weighted by Crippen LogP contribution is -2.26. The van der Waals surface area contributed by atoms with E-state index >= 15 is 0 Å². The smallest absolute Gasteiger partial charge is 0.269 e. The maximum atomic E-state index is 12.4. The zero-order chi connectivity index (χ0) is 23.9. The third kappa shape index (κ3) is 5.80. The number of benzene rings is 2. The first-order valence-electron chi connectivity index (χ1n) is 10.3. The minimum Gasteiger partial charge on any atom is -0.497 e. The number of thioether (sulfide) groups is 1. The summed E-state index contributed by atoms with van der Waals surface area (Å²) >= 11 is 3.00. The molecule has 34 heavy (non-hydrogen) atoms. The summed E-state index contributed by atoms with van der Waals surface area (Å²) in [5.41, 5.74) is 1.72. The first-order chi connectivity index (χ1) is 16.5. The molecule has 9 nitrogen and oxygen atoms in total. The molecule has 0 spiro atoms. The van der Waals surface area contributed by atoms with E-state index in [-0.39, 0.29) is 18.1 Å². The van der Waals surface area contributed by atoms with Crippen LogP contribution in [-0.2, 0) is 23.5 Å². The number of carbonyl (C=O) groups is 1. The van der Waals surface area contributed by atoms with E-state index in [1.54, 1.807) is 23.8 Å². The summed E-state index contributed by atoms with van der Waals surface area (Å²) in [6.45, 7) is 0.175. The minimum absolute atomic E-state index is 0.00629. The highest BCUT2D eigenvalue weighted by atomic mass is 32.2. The number of nitrogens with one attached hydrogen (secondary N) is 1. The summed E-state index contributed by atoms with van der Waals surface area (Å²) in [5.74, 6) is 1.80. The van der Waals surface area contributed by atoms with Crippen LogP contribution in [0, 0.1) is 10.1 Å². The molecule has 0 fully saturated rings. The number of non-ortho nitro benzene ring substituents is 1. The maximum Gasteiger partial charge on any atom is 0.269 e. The number of methoxy groups -OCH3 is 1. The molecule has 0 unspecified atom stereocenters. The fourth-order valence-electron chi connectivity index (χ4n) is 3.21. The number of rotatable bonds is 10. The van der Waals surface area contributed by atoms with Gasteiger partial charge in [-0.3, -0.25) is 19.5 Å². The van der Waals surface area contributed by atoms with Gasteiger partial charge in [0, 0.05) is 28.5 Å². The topological polar surface area (TPSA) is 112 Å². The van der Waals surface area contributed by atoms with Crippen LogP contribution in [0.25, 0.3) is 5.69 Å². The van der Waals surface area contributed by atoms with E-state index in [0.29, 0.717) is 28.8 Å². The molecular weight excluding hydrogens is 474 g/mol. The summed E-state index contributed by atoms with van der Waals surface area (Å²) in [6.07, 6.45) is 0.292. The first kappa shape index (κ1) is 23.5. The number of aromatic nitrogens is 3. The van der Waals surface area contributed by atoms with E-state index in [2.05, 4.69) is 15.5 Å². The third-order valence-electron chi connectivity index (χ3n) is 4.88. The number of amides is 1. The molecule has 2 aromatic carbocycles. The van der Waals surface area contributed by atoms with Crippen molar-refractivity contribution in [3.63, 3.8) is 0 Å². The van der Waals surface area contributed by atoms with Crippen LogP contribution in [0.2, 0.25) is 0 Å². The molecule has 0 saturated heterocycles. The van der Waals surface area contributed by atoms with E-state index in [4.69, 9.17) is 4.74 Å². The van der Waals surface area contributed by atoms with Gasteiger partial charge in [0.2, 0.25) is 5.91 Å². The lowest BCUT2D eigenvalue weighted by Gasteiger charge is -2.11. The number of thiophene rings is 1. The van der Waals surface area contributed by atoms with Crippen molar-refractivity contribution < 1.29 is 14.5 Å². The van der Waals surface area contributed by atoms with Gasteiger partial charge >= 0.3 is 0 Å². The van der Waals surface area contributed by atoms with Crippen LogP contribution in [-0.4, -0.2) is 32.7 Å². The maximum absolute atomic E-state index is 12.4. The molecule has 0 saturated carbocycles. The Bertz CT molecular complexity index is 1270. The van der Waals surface area contributed by atoms with Crippen molar-refractivity contribution in [3.05, 3.63) is 92.4 Å². The Kier molecular flexibility index (Phi) is 7.55. The summed E-state index contributed by atoms with van der Waals surface area (Å²) in [4.78, 5) is 24.0. The zero-order valence-corrected chi connectivity index (χ0v) is 19.8. The fourth-order valence-corrected chi connectivity index (χ4v) is 4.83. The Hall–Kier alpha value is -3.70. The summed E-state index contributed by atoms with van der Waals surface area (Å²) in [5, 5.41) is 25.1. The van der Waals surface area contributed by atoms with E-state index in [1.807, 2.05) is 41.8 Å². The molecule has 0 aliphatic carbocycles. The SMILES string of the molecule is COc1cccc(CSc2nnc(CNC(=O)Cc3cccs3)n2-c2ccc([N+](=O)[O-])cc2)c1. The monoisotopic (exact) mass is 495 g/mol. The molecule has 1 amide bonds. The quantitative estimate of drug-likeness (QED) is 0.197. The van der Waals surface area contributed by atoms with Gasteiger partial charge in [-0.15, -0.1) is 21.5 Å². The number of hydrogen-bond donors (Lipinski definition) is 1. The van der Waals surface area contributed by atoms with Crippen molar-refractivity contribution in [2.75, 3.05) is 7.11 Å². The summed E-state index contributed by atoms with van der Waals surface area (Å²) in [6, 6.07) is 17.7. The number of carbonyl (C=O) groups excluding carboxylic acids is 1. The second-order valence-corrected chi connectivity index (χ2v) is 9.16. The van der Waals surface area contributed by atoms with Gasteiger partial charge in [-0.1, -0.05) is 30.0 Å². The molecule has 0 aliphatic heterocycles. The van der Waals surface area contributed by atoms with E-state index in [9.17, 15) is 14.9 Å². The van der Waals surface area contributed by atoms with Crippen LogP contribution in [0.5, 0.6) is 5.75 Å². The molecule has 4 rings (SSSR count). The Balaban J connectivity index is 1.55. The predicted octanol–water partition coefficient (Wildman–Crippen LogP) is 4.40. The molecule has 0 radical (unpaired) electrons. The van der Waals surface area contributed by atoms with Crippen LogP contribution in [0.15, 0.2) is 71.2 Å². The molecule has 1 N–H and O–H groups in total. The van der Waals surface area contributed by atoms with E-state index in [1.165, 1.54) is 35.2 Å². The van der Waals surface area contributed by atoms with Gasteiger partial charge in [-0.2, -0.15) is 0 Å². The molecular formula is C23H21N5O4S2. The lowest BCUT2D eigenvalue weighted by atomic mass is 10.2. The van der Waals surface area contributed by atoms with Crippen molar-refractivity contribution in [1.29, 1.82) is 0 Å². The summed E-state index contributed by atoms with van der Waals surface area (Å²) in [7, 11) is 1.62. The third-order valence-corrected chi connectivity index (χ3v) is 6.76. The fraction of sp³-hybridized carbons (Fsp3) is 0.174. The Labute approximate surface area is 203 Å².